The highest BCUT2D eigenvalue weighted by atomic mass is 32.2. The van der Waals surface area contributed by atoms with Gasteiger partial charge in [-0.2, -0.15) is 0 Å². The minimum Gasteiger partial charge on any atom is -0.396 e. The van der Waals surface area contributed by atoms with E-state index in [1.807, 2.05) is 17.5 Å². The fourth-order valence-electron chi connectivity index (χ4n) is 1.65. The first-order valence-electron chi connectivity index (χ1n) is 6.28. The number of aliphatic hydroxyl groups is 1. The third-order valence-electron chi connectivity index (χ3n) is 2.65. The first kappa shape index (κ1) is 15.7. The van der Waals surface area contributed by atoms with Crippen LogP contribution in [0.5, 0.6) is 0 Å². The number of hydrogen-bond donors (Lipinski definition) is 2. The Morgan fingerprint density at radius 3 is 2.90 bits per heavy atom. The van der Waals surface area contributed by atoms with Gasteiger partial charge in [-0.1, -0.05) is 6.07 Å². The second-order valence-corrected chi connectivity index (χ2v) is 6.18. The van der Waals surface area contributed by atoms with Gasteiger partial charge in [0.2, 0.25) is 5.91 Å². The quantitative estimate of drug-likeness (QED) is 0.607. The van der Waals surface area contributed by atoms with Crippen LogP contribution in [-0.2, 0) is 9.59 Å². The second-order valence-electron chi connectivity index (χ2n) is 4.21. The molecule has 3 amide bonds. The zero-order valence-corrected chi connectivity index (χ0v) is 12.7. The van der Waals surface area contributed by atoms with Crippen LogP contribution in [-0.4, -0.2) is 46.8 Å². The van der Waals surface area contributed by atoms with E-state index >= 15 is 0 Å². The molecule has 2 heterocycles. The molecule has 0 unspecified atom stereocenters. The normalized spacial score (nSPS) is 16.8. The molecule has 0 atom stereocenters. The summed E-state index contributed by atoms with van der Waals surface area (Å²) in [7, 11) is 0. The highest BCUT2D eigenvalue weighted by Crippen LogP contribution is 2.32. The van der Waals surface area contributed by atoms with Crippen LogP contribution in [0.1, 0.15) is 11.3 Å². The van der Waals surface area contributed by atoms with Gasteiger partial charge < -0.3 is 10.4 Å². The van der Waals surface area contributed by atoms with Crippen molar-refractivity contribution in [3.63, 3.8) is 0 Å². The predicted molar refractivity (Wildman–Crippen MR) is 81.7 cm³/mol. The maximum absolute atomic E-state index is 12.1. The number of carbonyl (C=O) groups is 3. The van der Waals surface area contributed by atoms with E-state index in [2.05, 4.69) is 5.32 Å². The van der Waals surface area contributed by atoms with Crippen LogP contribution in [0, 0.1) is 0 Å². The first-order valence-corrected chi connectivity index (χ1v) is 7.98. The third-order valence-corrected chi connectivity index (χ3v) is 4.38. The second kappa shape index (κ2) is 7.39. The highest BCUT2D eigenvalue weighted by molar-refractivity contribution is 8.18. The molecule has 112 valence electrons. The summed E-state index contributed by atoms with van der Waals surface area (Å²) in [4.78, 5) is 37.7. The Morgan fingerprint density at radius 1 is 1.43 bits per heavy atom. The maximum atomic E-state index is 12.1. The Balaban J connectivity index is 1.97. The number of hydrogen-bond acceptors (Lipinski definition) is 6. The summed E-state index contributed by atoms with van der Waals surface area (Å²) >= 11 is 2.30. The smallest absolute Gasteiger partial charge is 0.294 e. The zero-order chi connectivity index (χ0) is 15.2. The average Bonchev–Trinajstić information content (AvgIpc) is 3.04. The van der Waals surface area contributed by atoms with Crippen molar-refractivity contribution in [2.24, 2.45) is 0 Å². The molecule has 2 rings (SSSR count). The predicted octanol–water partition coefficient (Wildman–Crippen LogP) is 1.28. The summed E-state index contributed by atoms with van der Waals surface area (Å²) in [5, 5.41) is 12.6. The average molecular weight is 326 g/mol. The fraction of sp³-hybridized carbons (Fsp3) is 0.308. The molecule has 2 N–H and O–H groups in total. The van der Waals surface area contributed by atoms with Crippen molar-refractivity contribution in [3.8, 4) is 0 Å². The Kier molecular flexibility index (Phi) is 5.54. The molecule has 0 saturated carbocycles. The number of aliphatic hydroxyl groups excluding tert-OH is 1. The van der Waals surface area contributed by atoms with Crippen LogP contribution in [0.4, 0.5) is 4.79 Å². The summed E-state index contributed by atoms with van der Waals surface area (Å²) in [6.07, 6.45) is 2.09. The highest BCUT2D eigenvalue weighted by Gasteiger charge is 2.36. The molecule has 1 aliphatic rings. The van der Waals surface area contributed by atoms with Crippen molar-refractivity contribution in [2.75, 3.05) is 19.7 Å². The first-order chi connectivity index (χ1) is 10.1. The number of imide groups is 1. The fourth-order valence-corrected chi connectivity index (χ4v) is 3.21. The van der Waals surface area contributed by atoms with E-state index in [0.29, 0.717) is 17.9 Å². The standard InChI is InChI=1S/C13H14N2O4S2/c16-5-2-4-14-11(17)8-15-12(18)10(21-13(15)19)7-9-3-1-6-20-9/h1,3,6-7,16H,2,4-5,8H2,(H,14,17)/b10-7-. The molecule has 1 aromatic rings. The molecule has 0 spiro atoms. The largest absolute Gasteiger partial charge is 0.396 e. The lowest BCUT2D eigenvalue weighted by Crippen LogP contribution is -2.39. The van der Waals surface area contributed by atoms with E-state index in [4.69, 9.17) is 5.11 Å². The molecule has 8 heteroatoms. The lowest BCUT2D eigenvalue weighted by Gasteiger charge is -2.11. The number of thioether (sulfide) groups is 1. The number of carbonyl (C=O) groups excluding carboxylic acids is 3. The van der Waals surface area contributed by atoms with Crippen LogP contribution >= 0.6 is 23.1 Å². The van der Waals surface area contributed by atoms with Gasteiger partial charge in [0.1, 0.15) is 6.54 Å². The molecule has 1 fully saturated rings. The van der Waals surface area contributed by atoms with Crippen LogP contribution in [0.3, 0.4) is 0 Å². The lowest BCUT2D eigenvalue weighted by atomic mass is 10.3. The number of nitrogens with one attached hydrogen (secondary N) is 1. The lowest BCUT2D eigenvalue weighted by molar-refractivity contribution is -0.129. The summed E-state index contributed by atoms with van der Waals surface area (Å²) in [5.74, 6) is -0.862. The topological polar surface area (TPSA) is 86.7 Å². The van der Waals surface area contributed by atoms with Crippen LogP contribution in [0.25, 0.3) is 6.08 Å². The van der Waals surface area contributed by atoms with E-state index in [1.165, 1.54) is 11.3 Å². The summed E-state index contributed by atoms with van der Waals surface area (Å²) < 4.78 is 0. The summed E-state index contributed by atoms with van der Waals surface area (Å²) in [5.41, 5.74) is 0. The molecule has 21 heavy (non-hydrogen) atoms. The van der Waals surface area contributed by atoms with Crippen LogP contribution < -0.4 is 5.32 Å². The maximum Gasteiger partial charge on any atom is 0.294 e. The van der Waals surface area contributed by atoms with Gasteiger partial charge in [-0.15, -0.1) is 11.3 Å². The Labute approximate surface area is 129 Å². The van der Waals surface area contributed by atoms with Crippen molar-refractivity contribution >= 4 is 46.2 Å². The molecule has 0 bridgehead atoms. The van der Waals surface area contributed by atoms with E-state index in [-0.39, 0.29) is 13.2 Å². The van der Waals surface area contributed by atoms with Crippen molar-refractivity contribution < 1.29 is 19.5 Å². The minimum atomic E-state index is -0.448. The van der Waals surface area contributed by atoms with Gasteiger partial charge in [0, 0.05) is 18.0 Å². The van der Waals surface area contributed by atoms with Gasteiger partial charge in [0.15, 0.2) is 0 Å². The van der Waals surface area contributed by atoms with E-state index in [9.17, 15) is 14.4 Å². The molecular formula is C13H14N2O4S2. The minimum absolute atomic E-state index is 0.0224. The molecule has 6 nitrogen and oxygen atoms in total. The molecule has 0 aliphatic carbocycles. The molecule has 0 aromatic carbocycles. The summed E-state index contributed by atoms with van der Waals surface area (Å²) in [6, 6.07) is 3.70. The van der Waals surface area contributed by atoms with Gasteiger partial charge in [-0.25, -0.2) is 0 Å². The number of rotatable bonds is 6. The molecular weight excluding hydrogens is 312 g/mol. The molecule has 1 saturated heterocycles. The SMILES string of the molecule is O=C(CN1C(=O)S/C(=C\c2cccs2)C1=O)NCCCO. The van der Waals surface area contributed by atoms with E-state index in [1.54, 1.807) is 6.08 Å². The molecule has 1 aliphatic heterocycles. The van der Waals surface area contributed by atoms with E-state index < -0.39 is 17.1 Å². The summed E-state index contributed by atoms with van der Waals surface area (Å²) in [6.45, 7) is -0.000127. The van der Waals surface area contributed by atoms with Crippen LogP contribution in [0.15, 0.2) is 22.4 Å². The van der Waals surface area contributed by atoms with Crippen molar-refractivity contribution in [1.29, 1.82) is 0 Å². The van der Waals surface area contributed by atoms with Gasteiger partial charge in [0.25, 0.3) is 11.1 Å². The van der Waals surface area contributed by atoms with E-state index in [0.717, 1.165) is 21.5 Å². The van der Waals surface area contributed by atoms with Gasteiger partial charge in [-0.3, -0.25) is 19.3 Å². The zero-order valence-electron chi connectivity index (χ0n) is 11.1. The van der Waals surface area contributed by atoms with Crippen molar-refractivity contribution in [1.82, 2.24) is 10.2 Å². The molecule has 0 radical (unpaired) electrons. The number of amides is 3. The monoisotopic (exact) mass is 326 g/mol. The van der Waals surface area contributed by atoms with Crippen molar-refractivity contribution in [2.45, 2.75) is 6.42 Å². The van der Waals surface area contributed by atoms with Gasteiger partial charge in [-0.05, 0) is 35.7 Å². The Bertz CT molecular complexity index is 569. The van der Waals surface area contributed by atoms with Gasteiger partial charge in [0.05, 0.1) is 4.91 Å². The number of nitrogens with zero attached hydrogens (tertiary/aromatic N) is 1. The van der Waals surface area contributed by atoms with Crippen LogP contribution in [0.2, 0.25) is 0 Å². The third kappa shape index (κ3) is 4.16. The Hall–Kier alpha value is -1.64. The number of thiophene rings is 1. The Morgan fingerprint density at radius 2 is 2.24 bits per heavy atom. The van der Waals surface area contributed by atoms with Crippen molar-refractivity contribution in [3.05, 3.63) is 27.3 Å². The van der Waals surface area contributed by atoms with Gasteiger partial charge >= 0.3 is 0 Å². The molecule has 1 aromatic heterocycles.